The molecule has 17 heavy (non-hydrogen) atoms. The van der Waals surface area contributed by atoms with E-state index >= 15 is 0 Å². The minimum atomic E-state index is 0.833. The molecular weight excluding hydrogens is 226 g/mol. The first-order chi connectivity index (χ1) is 8.36. The molecule has 2 heteroatoms. The maximum atomic E-state index is 3.99. The zero-order valence-electron chi connectivity index (χ0n) is 9.90. The highest BCUT2D eigenvalue weighted by Gasteiger charge is 1.80. The number of pyridine rings is 1. The summed E-state index contributed by atoms with van der Waals surface area (Å²) in [7, 11) is 0. The number of rotatable bonds is 0. The zero-order chi connectivity index (χ0) is 12.3. The van der Waals surface area contributed by atoms with Gasteiger partial charge in [-0.3, -0.25) is 0 Å². The van der Waals surface area contributed by atoms with Crippen molar-refractivity contribution < 1.29 is 0 Å². The fraction of sp³-hybridized carbons (Fsp3) is 0.133. The van der Waals surface area contributed by atoms with Gasteiger partial charge in [0.2, 0.25) is 0 Å². The SMILES string of the molecule is CC#Cc1ccccn1.CC#Cc1cccs1. The van der Waals surface area contributed by atoms with Crippen LogP contribution in [0.1, 0.15) is 24.4 Å². The van der Waals surface area contributed by atoms with Crippen LogP contribution in [0.3, 0.4) is 0 Å². The van der Waals surface area contributed by atoms with Crippen molar-refractivity contribution >= 4 is 11.3 Å². The molecule has 0 aliphatic rings. The average molecular weight is 239 g/mol. The van der Waals surface area contributed by atoms with E-state index < -0.39 is 0 Å². The van der Waals surface area contributed by atoms with Crippen LogP contribution in [0, 0.1) is 23.7 Å². The minimum Gasteiger partial charge on any atom is -0.248 e. The van der Waals surface area contributed by atoms with E-state index in [2.05, 4.69) is 28.7 Å². The van der Waals surface area contributed by atoms with E-state index in [0.717, 1.165) is 10.6 Å². The van der Waals surface area contributed by atoms with Crippen molar-refractivity contribution in [1.82, 2.24) is 4.98 Å². The van der Waals surface area contributed by atoms with Gasteiger partial charge in [-0.1, -0.05) is 24.0 Å². The van der Waals surface area contributed by atoms with Crippen molar-refractivity contribution in [2.45, 2.75) is 13.8 Å². The fourth-order valence-electron chi connectivity index (χ4n) is 1.04. The van der Waals surface area contributed by atoms with E-state index in [1.807, 2.05) is 42.6 Å². The van der Waals surface area contributed by atoms with Gasteiger partial charge in [0, 0.05) is 6.20 Å². The third kappa shape index (κ3) is 5.56. The maximum absolute atomic E-state index is 3.99. The third-order valence-electron chi connectivity index (χ3n) is 1.69. The summed E-state index contributed by atoms with van der Waals surface area (Å²) in [4.78, 5) is 5.14. The maximum Gasteiger partial charge on any atom is 0.113 e. The van der Waals surface area contributed by atoms with Crippen LogP contribution in [0.15, 0.2) is 41.9 Å². The lowest BCUT2D eigenvalue weighted by atomic mass is 10.3. The lowest BCUT2D eigenvalue weighted by Crippen LogP contribution is -1.76. The summed E-state index contributed by atoms with van der Waals surface area (Å²) in [6.45, 7) is 3.65. The Morgan fingerprint density at radius 1 is 1.00 bits per heavy atom. The molecular formula is C15H13NS. The monoisotopic (exact) mass is 239 g/mol. The summed E-state index contributed by atoms with van der Waals surface area (Å²) in [6, 6.07) is 9.70. The molecule has 0 saturated carbocycles. The van der Waals surface area contributed by atoms with Gasteiger partial charge >= 0.3 is 0 Å². The molecule has 0 aliphatic heterocycles. The molecule has 0 radical (unpaired) electrons. The first-order valence-corrected chi connectivity index (χ1v) is 6.05. The van der Waals surface area contributed by atoms with Gasteiger partial charge in [0.25, 0.3) is 0 Å². The lowest BCUT2D eigenvalue weighted by Gasteiger charge is -1.82. The molecule has 0 aliphatic carbocycles. The largest absolute Gasteiger partial charge is 0.248 e. The van der Waals surface area contributed by atoms with Crippen LogP contribution in [0.2, 0.25) is 0 Å². The first-order valence-electron chi connectivity index (χ1n) is 5.17. The van der Waals surface area contributed by atoms with E-state index in [1.165, 1.54) is 0 Å². The van der Waals surface area contributed by atoms with Gasteiger partial charge in [-0.15, -0.1) is 17.3 Å². The topological polar surface area (TPSA) is 12.9 Å². The number of nitrogens with zero attached hydrogens (tertiary/aromatic N) is 1. The Bertz CT molecular complexity index is 533. The highest BCUT2D eigenvalue weighted by atomic mass is 32.1. The molecule has 2 heterocycles. The molecule has 0 fully saturated rings. The van der Waals surface area contributed by atoms with Crippen molar-refractivity contribution in [1.29, 1.82) is 0 Å². The second-order valence-electron chi connectivity index (χ2n) is 2.94. The summed E-state index contributed by atoms with van der Waals surface area (Å²) in [5, 5.41) is 2.03. The molecule has 0 atom stereocenters. The van der Waals surface area contributed by atoms with Crippen LogP contribution in [-0.2, 0) is 0 Å². The van der Waals surface area contributed by atoms with Gasteiger partial charge in [-0.25, -0.2) is 4.98 Å². The molecule has 0 bridgehead atoms. The molecule has 0 spiro atoms. The average Bonchev–Trinajstić information content (AvgIpc) is 2.85. The Kier molecular flexibility index (Phi) is 6.26. The van der Waals surface area contributed by atoms with Crippen LogP contribution in [0.5, 0.6) is 0 Å². The fourth-order valence-corrected chi connectivity index (χ4v) is 1.66. The number of thiophene rings is 1. The Morgan fingerprint density at radius 3 is 2.35 bits per heavy atom. The smallest absolute Gasteiger partial charge is 0.113 e. The van der Waals surface area contributed by atoms with Crippen LogP contribution in [-0.4, -0.2) is 4.98 Å². The van der Waals surface area contributed by atoms with E-state index in [1.54, 1.807) is 24.5 Å². The quantitative estimate of drug-likeness (QED) is 0.640. The highest BCUT2D eigenvalue weighted by molar-refractivity contribution is 7.10. The van der Waals surface area contributed by atoms with Crippen LogP contribution >= 0.6 is 11.3 Å². The predicted molar refractivity (Wildman–Crippen MR) is 73.7 cm³/mol. The van der Waals surface area contributed by atoms with Crippen molar-refractivity contribution in [2.24, 2.45) is 0 Å². The Balaban J connectivity index is 0.000000171. The minimum absolute atomic E-state index is 0.833. The lowest BCUT2D eigenvalue weighted by molar-refractivity contribution is 1.29. The van der Waals surface area contributed by atoms with Gasteiger partial charge < -0.3 is 0 Å². The molecule has 0 N–H and O–H groups in total. The van der Waals surface area contributed by atoms with Gasteiger partial charge in [0.15, 0.2) is 0 Å². The molecule has 0 unspecified atom stereocenters. The van der Waals surface area contributed by atoms with Gasteiger partial charge in [0.05, 0.1) is 4.88 Å². The highest BCUT2D eigenvalue weighted by Crippen LogP contribution is 2.04. The summed E-state index contributed by atoms with van der Waals surface area (Å²) in [6.07, 6.45) is 1.74. The molecule has 0 aromatic carbocycles. The van der Waals surface area contributed by atoms with Gasteiger partial charge in [-0.2, -0.15) is 0 Å². The van der Waals surface area contributed by atoms with Crippen LogP contribution < -0.4 is 0 Å². The first kappa shape index (κ1) is 13.0. The normalized spacial score (nSPS) is 7.65. The van der Waals surface area contributed by atoms with E-state index in [-0.39, 0.29) is 0 Å². The number of hydrogen-bond acceptors (Lipinski definition) is 2. The predicted octanol–water partition coefficient (Wildman–Crippen LogP) is 3.57. The molecule has 0 saturated heterocycles. The second-order valence-corrected chi connectivity index (χ2v) is 3.89. The van der Waals surface area contributed by atoms with Gasteiger partial charge in [0.1, 0.15) is 5.69 Å². The molecule has 2 aromatic rings. The van der Waals surface area contributed by atoms with E-state index in [9.17, 15) is 0 Å². The summed E-state index contributed by atoms with van der Waals surface area (Å²) < 4.78 is 0. The van der Waals surface area contributed by atoms with Crippen molar-refractivity contribution in [3.05, 3.63) is 52.5 Å². The van der Waals surface area contributed by atoms with Crippen molar-refractivity contribution in [3.63, 3.8) is 0 Å². The van der Waals surface area contributed by atoms with Crippen molar-refractivity contribution in [2.75, 3.05) is 0 Å². The summed E-state index contributed by atoms with van der Waals surface area (Å²) in [5.74, 6) is 11.4. The van der Waals surface area contributed by atoms with Crippen molar-refractivity contribution in [3.8, 4) is 23.7 Å². The summed E-state index contributed by atoms with van der Waals surface area (Å²) >= 11 is 1.67. The Labute approximate surface area is 107 Å². The zero-order valence-corrected chi connectivity index (χ0v) is 10.7. The molecule has 0 amide bonds. The third-order valence-corrected chi connectivity index (χ3v) is 2.47. The molecule has 84 valence electrons. The molecule has 2 aromatic heterocycles. The number of hydrogen-bond donors (Lipinski definition) is 0. The Morgan fingerprint density at radius 2 is 1.82 bits per heavy atom. The molecule has 1 nitrogen and oxygen atoms in total. The second kappa shape index (κ2) is 8.16. The van der Waals surface area contributed by atoms with Crippen LogP contribution in [0.4, 0.5) is 0 Å². The van der Waals surface area contributed by atoms with E-state index in [0.29, 0.717) is 0 Å². The summed E-state index contributed by atoms with van der Waals surface area (Å²) in [5.41, 5.74) is 0.833. The Hall–Kier alpha value is -2.03. The van der Waals surface area contributed by atoms with Gasteiger partial charge in [-0.05, 0) is 43.3 Å². The standard InChI is InChI=1S/C8H7N.C7H6S/c1-2-5-8-6-3-4-7-9-8;1-2-4-7-5-3-6-8-7/h3-4,6-7H,1H3;3,5-6H,1H3. The van der Waals surface area contributed by atoms with Crippen LogP contribution in [0.25, 0.3) is 0 Å². The molecule has 2 rings (SSSR count). The van der Waals surface area contributed by atoms with E-state index in [4.69, 9.17) is 0 Å². The number of aromatic nitrogens is 1.